The molecule has 0 unspecified atom stereocenters. The molecule has 1 aromatic rings. The van der Waals surface area contributed by atoms with E-state index in [1.807, 2.05) is 0 Å². The van der Waals surface area contributed by atoms with Gasteiger partial charge in [-0.3, -0.25) is 0 Å². The van der Waals surface area contributed by atoms with Crippen molar-refractivity contribution in [3.05, 3.63) is 53.5 Å². The summed E-state index contributed by atoms with van der Waals surface area (Å²) in [5, 5.41) is 0. The fraction of sp³-hybridized carbons (Fsp3) is 0.357. The van der Waals surface area contributed by atoms with Crippen LogP contribution < -0.4 is 0 Å². The third-order valence-electron chi connectivity index (χ3n) is 2.80. The molecule has 0 aromatic heterocycles. The Morgan fingerprint density at radius 3 is 2.93 bits per heavy atom. The van der Waals surface area contributed by atoms with Crippen LogP contribution >= 0.6 is 0 Å². The number of allylic oxidation sites excluding steroid dienone is 2. The maximum atomic E-state index is 2.37. The quantitative estimate of drug-likeness (QED) is 0.669. The Balaban J connectivity index is 2.05. The predicted octanol–water partition coefficient (Wildman–Crippen LogP) is 3.91. The monoisotopic (exact) mass is 185 g/mol. The number of benzene rings is 1. The highest BCUT2D eigenvalue weighted by Crippen LogP contribution is 2.25. The molecule has 0 aliphatic heterocycles. The maximum Gasteiger partial charge on any atom is 0.0157 e. The molecule has 0 heteroatoms. The van der Waals surface area contributed by atoms with Crippen molar-refractivity contribution in [1.29, 1.82) is 0 Å². The molecule has 14 heavy (non-hydrogen) atoms. The van der Waals surface area contributed by atoms with Gasteiger partial charge in [0.2, 0.25) is 0 Å². The Bertz CT molecular complexity index is 334. The molecule has 0 atom stereocenters. The lowest BCUT2D eigenvalue weighted by atomic mass is 9.89. The number of hydrogen-bond donors (Lipinski definition) is 0. The van der Waals surface area contributed by atoms with E-state index in [-0.39, 0.29) is 0 Å². The van der Waals surface area contributed by atoms with Crippen molar-refractivity contribution in [1.82, 2.24) is 0 Å². The van der Waals surface area contributed by atoms with Crippen LogP contribution in [0, 0.1) is 6.42 Å². The summed E-state index contributed by atoms with van der Waals surface area (Å²) >= 11 is 0. The number of fused-ring (bicyclic) bond motifs is 1. The Hall–Kier alpha value is -1.04. The molecule has 0 fully saturated rings. The van der Waals surface area contributed by atoms with E-state index in [1.165, 1.54) is 36.0 Å². The molecule has 0 heterocycles. The highest BCUT2D eigenvalue weighted by atomic mass is 14.1. The molecule has 0 spiro atoms. The molecule has 0 bridgehead atoms. The summed E-state index contributed by atoms with van der Waals surface area (Å²) in [6, 6.07) is 8.68. The highest BCUT2D eigenvalue weighted by molar-refractivity contribution is 5.44. The fourth-order valence-electron chi connectivity index (χ4n) is 1.92. The maximum absolute atomic E-state index is 2.37. The van der Waals surface area contributed by atoms with Crippen LogP contribution in [0.1, 0.15) is 37.3 Å². The van der Waals surface area contributed by atoms with Crippen LogP contribution in [0.4, 0.5) is 0 Å². The molecule has 73 valence electrons. The summed E-state index contributed by atoms with van der Waals surface area (Å²) in [5.41, 5.74) is 4.40. The number of unbranched alkanes of at least 4 members (excludes halogenated alkanes) is 1. The van der Waals surface area contributed by atoms with Gasteiger partial charge in [0.25, 0.3) is 0 Å². The van der Waals surface area contributed by atoms with Gasteiger partial charge in [0, 0.05) is 6.42 Å². The fourth-order valence-corrected chi connectivity index (χ4v) is 1.92. The van der Waals surface area contributed by atoms with Crippen LogP contribution in [-0.2, 0) is 6.42 Å². The standard InChI is InChI=1S/C14H17/c1-2-3-6-12-9-10-13-7-4-5-8-14(13)11-12/h4-5,7-9,11H,2-3,6,10H2,1H3. The van der Waals surface area contributed by atoms with Crippen molar-refractivity contribution < 1.29 is 0 Å². The molecular formula is C14H17. The normalized spacial score (nSPS) is 14.8. The van der Waals surface area contributed by atoms with Crippen LogP contribution in [0.5, 0.6) is 0 Å². The molecule has 1 aliphatic rings. The Morgan fingerprint density at radius 2 is 2.07 bits per heavy atom. The van der Waals surface area contributed by atoms with Crippen LogP contribution in [0.2, 0.25) is 0 Å². The molecule has 0 saturated heterocycles. The summed E-state index contributed by atoms with van der Waals surface area (Å²) in [5.74, 6) is 0. The molecule has 2 rings (SSSR count). The molecule has 0 N–H and O–H groups in total. The molecule has 1 aliphatic carbocycles. The summed E-state index contributed by atoms with van der Waals surface area (Å²) in [6.07, 6.45) is 9.67. The third-order valence-corrected chi connectivity index (χ3v) is 2.80. The van der Waals surface area contributed by atoms with E-state index in [4.69, 9.17) is 0 Å². The third kappa shape index (κ3) is 2.06. The van der Waals surface area contributed by atoms with Crippen LogP contribution in [0.15, 0.2) is 35.9 Å². The first-order chi connectivity index (χ1) is 6.90. The van der Waals surface area contributed by atoms with Gasteiger partial charge in [-0.15, -0.1) is 0 Å². The second-order valence-corrected chi connectivity index (χ2v) is 3.93. The lowest BCUT2D eigenvalue weighted by Crippen LogP contribution is -2.00. The van der Waals surface area contributed by atoms with Crippen molar-refractivity contribution in [2.24, 2.45) is 0 Å². The Morgan fingerprint density at radius 1 is 1.21 bits per heavy atom. The first-order valence-electron chi connectivity index (χ1n) is 5.52. The largest absolute Gasteiger partial charge is 0.0803 e. The second kappa shape index (κ2) is 4.45. The van der Waals surface area contributed by atoms with Crippen molar-refractivity contribution in [3.63, 3.8) is 0 Å². The zero-order chi connectivity index (χ0) is 9.80. The molecule has 0 nitrogen and oxygen atoms in total. The van der Waals surface area contributed by atoms with Gasteiger partial charge in [0.05, 0.1) is 0 Å². The Kier molecular flexibility index (Phi) is 3.03. The minimum absolute atomic E-state index is 1.12. The van der Waals surface area contributed by atoms with Crippen molar-refractivity contribution in [2.45, 2.75) is 32.6 Å². The van der Waals surface area contributed by atoms with E-state index in [0.29, 0.717) is 0 Å². The molecule has 0 saturated carbocycles. The van der Waals surface area contributed by atoms with Gasteiger partial charge < -0.3 is 0 Å². The van der Waals surface area contributed by atoms with E-state index in [9.17, 15) is 0 Å². The average molecular weight is 185 g/mol. The zero-order valence-electron chi connectivity index (χ0n) is 8.79. The minimum Gasteiger partial charge on any atom is -0.0803 e. The zero-order valence-corrected chi connectivity index (χ0v) is 8.79. The summed E-state index contributed by atoms with van der Waals surface area (Å²) in [4.78, 5) is 0. The van der Waals surface area contributed by atoms with Gasteiger partial charge >= 0.3 is 0 Å². The van der Waals surface area contributed by atoms with Gasteiger partial charge in [-0.05, 0) is 30.4 Å². The predicted molar refractivity (Wildman–Crippen MR) is 61.2 cm³/mol. The lowest BCUT2D eigenvalue weighted by Gasteiger charge is -2.16. The molecule has 0 amide bonds. The summed E-state index contributed by atoms with van der Waals surface area (Å²) < 4.78 is 0. The second-order valence-electron chi connectivity index (χ2n) is 3.93. The van der Waals surface area contributed by atoms with Crippen molar-refractivity contribution in [2.75, 3.05) is 0 Å². The van der Waals surface area contributed by atoms with Crippen LogP contribution in [0.25, 0.3) is 0 Å². The topological polar surface area (TPSA) is 0 Å². The van der Waals surface area contributed by atoms with E-state index < -0.39 is 0 Å². The average Bonchev–Trinajstić information content (AvgIpc) is 2.26. The van der Waals surface area contributed by atoms with Crippen LogP contribution in [0.3, 0.4) is 0 Å². The van der Waals surface area contributed by atoms with Gasteiger partial charge in [-0.25, -0.2) is 0 Å². The molecule has 1 aromatic carbocycles. The first kappa shape index (κ1) is 9.51. The van der Waals surface area contributed by atoms with E-state index >= 15 is 0 Å². The molecular weight excluding hydrogens is 168 g/mol. The van der Waals surface area contributed by atoms with Gasteiger partial charge in [-0.2, -0.15) is 0 Å². The lowest BCUT2D eigenvalue weighted by molar-refractivity contribution is 0.786. The van der Waals surface area contributed by atoms with E-state index in [0.717, 1.165) is 6.42 Å². The minimum atomic E-state index is 1.12. The van der Waals surface area contributed by atoms with E-state index in [2.05, 4.69) is 43.7 Å². The van der Waals surface area contributed by atoms with Crippen molar-refractivity contribution >= 4 is 0 Å². The van der Waals surface area contributed by atoms with Gasteiger partial charge in [0.15, 0.2) is 0 Å². The van der Waals surface area contributed by atoms with Gasteiger partial charge in [0.1, 0.15) is 0 Å². The molecule has 1 radical (unpaired) electrons. The first-order valence-corrected chi connectivity index (χ1v) is 5.52. The van der Waals surface area contributed by atoms with E-state index in [1.54, 1.807) is 0 Å². The number of hydrogen-bond acceptors (Lipinski definition) is 0. The summed E-state index contributed by atoms with van der Waals surface area (Å²) in [7, 11) is 0. The van der Waals surface area contributed by atoms with Gasteiger partial charge in [-0.1, -0.05) is 49.3 Å². The number of rotatable bonds is 3. The van der Waals surface area contributed by atoms with Crippen molar-refractivity contribution in [3.8, 4) is 0 Å². The Labute approximate surface area is 86.7 Å². The SMILES string of the molecule is CCCCC1=CCc2ccccc2[CH]1. The summed E-state index contributed by atoms with van der Waals surface area (Å²) in [6.45, 7) is 2.25. The van der Waals surface area contributed by atoms with Crippen LogP contribution in [-0.4, -0.2) is 0 Å². The smallest absolute Gasteiger partial charge is 0.0157 e. The highest BCUT2D eigenvalue weighted by Gasteiger charge is 2.09.